The van der Waals surface area contributed by atoms with Gasteiger partial charge in [-0.25, -0.2) is 0 Å². The Kier molecular flexibility index (Phi) is 10.4. The van der Waals surface area contributed by atoms with E-state index in [-0.39, 0.29) is 0 Å². The van der Waals surface area contributed by atoms with Crippen LogP contribution in [0.4, 0.5) is 0 Å². The van der Waals surface area contributed by atoms with Gasteiger partial charge in [-0.1, -0.05) is 90.1 Å². The number of rotatable bonds is 0. The van der Waals surface area contributed by atoms with Crippen LogP contribution in [-0.4, -0.2) is 0 Å². The molecule has 0 amide bonds. The zero-order chi connectivity index (χ0) is 15.4. The van der Waals surface area contributed by atoms with E-state index in [4.69, 9.17) is 0 Å². The van der Waals surface area contributed by atoms with E-state index in [0.717, 1.165) is 12.8 Å². The fourth-order valence-corrected chi connectivity index (χ4v) is 2.22. The SMILES string of the molecule is CC.CC.CC.c1ccc2c(c1)Cc1ccccc1C2. The zero-order valence-corrected chi connectivity index (χ0v) is 14.0. The molecule has 110 valence electrons. The van der Waals surface area contributed by atoms with Gasteiger partial charge < -0.3 is 0 Å². The van der Waals surface area contributed by atoms with E-state index in [1.54, 1.807) is 0 Å². The van der Waals surface area contributed by atoms with Crippen LogP contribution in [-0.2, 0) is 12.8 Å². The van der Waals surface area contributed by atoms with Crippen molar-refractivity contribution >= 4 is 0 Å². The molecule has 0 unspecified atom stereocenters. The van der Waals surface area contributed by atoms with Gasteiger partial charge in [0.1, 0.15) is 0 Å². The second-order valence-electron chi connectivity index (χ2n) is 3.89. The molecule has 20 heavy (non-hydrogen) atoms. The summed E-state index contributed by atoms with van der Waals surface area (Å²) in [4.78, 5) is 0. The Bertz CT molecular complexity index is 381. The molecule has 0 bridgehead atoms. The molecule has 0 aliphatic heterocycles. The predicted molar refractivity (Wildman–Crippen MR) is 92.5 cm³/mol. The van der Waals surface area contributed by atoms with Gasteiger partial charge in [-0.3, -0.25) is 0 Å². The van der Waals surface area contributed by atoms with Crippen molar-refractivity contribution in [2.75, 3.05) is 0 Å². The molecule has 1 aliphatic rings. The maximum Gasteiger partial charge on any atom is -0.00201 e. The Morgan fingerprint density at radius 1 is 0.450 bits per heavy atom. The lowest BCUT2D eigenvalue weighted by atomic mass is 9.86. The molecular weight excluding hydrogens is 240 g/mol. The van der Waals surface area contributed by atoms with Gasteiger partial charge >= 0.3 is 0 Å². The van der Waals surface area contributed by atoms with Crippen LogP contribution in [0.2, 0.25) is 0 Å². The van der Waals surface area contributed by atoms with E-state index >= 15 is 0 Å². The summed E-state index contributed by atoms with van der Waals surface area (Å²) in [5.74, 6) is 0. The number of hydrogen-bond donors (Lipinski definition) is 0. The molecule has 0 spiro atoms. The maximum atomic E-state index is 2.24. The van der Waals surface area contributed by atoms with Crippen molar-refractivity contribution in [2.24, 2.45) is 0 Å². The second-order valence-corrected chi connectivity index (χ2v) is 3.89. The second kappa shape index (κ2) is 11.3. The molecule has 1 aliphatic carbocycles. The van der Waals surface area contributed by atoms with E-state index in [1.165, 1.54) is 22.3 Å². The van der Waals surface area contributed by atoms with Crippen LogP contribution in [0.5, 0.6) is 0 Å². The molecule has 2 aromatic rings. The average molecular weight is 270 g/mol. The fourth-order valence-electron chi connectivity index (χ4n) is 2.22. The number of benzene rings is 2. The standard InChI is InChI=1S/C14H12.3C2H6/c1-2-6-12-10-14-8-4-3-7-13(14)9-11(12)5-1;3*1-2/h1-8H,9-10H2;3*1-2H3. The van der Waals surface area contributed by atoms with Crippen molar-refractivity contribution in [3.8, 4) is 0 Å². The molecule has 0 atom stereocenters. The lowest BCUT2D eigenvalue weighted by molar-refractivity contribution is 1.00. The lowest BCUT2D eigenvalue weighted by Gasteiger charge is -2.18. The minimum atomic E-state index is 1.10. The van der Waals surface area contributed by atoms with Crippen LogP contribution < -0.4 is 0 Å². The highest BCUT2D eigenvalue weighted by atomic mass is 14.2. The summed E-state index contributed by atoms with van der Waals surface area (Å²) in [7, 11) is 0. The Morgan fingerprint density at radius 2 is 0.650 bits per heavy atom. The van der Waals surface area contributed by atoms with Crippen LogP contribution in [0.15, 0.2) is 48.5 Å². The van der Waals surface area contributed by atoms with Crippen molar-refractivity contribution in [2.45, 2.75) is 54.4 Å². The molecule has 0 radical (unpaired) electrons. The summed E-state index contributed by atoms with van der Waals surface area (Å²) < 4.78 is 0. The van der Waals surface area contributed by atoms with Crippen LogP contribution in [0, 0.1) is 0 Å². The Morgan fingerprint density at radius 3 is 0.850 bits per heavy atom. The average Bonchev–Trinajstić information content (AvgIpc) is 2.58. The maximum absolute atomic E-state index is 2.24. The van der Waals surface area contributed by atoms with E-state index < -0.39 is 0 Å². The quantitative estimate of drug-likeness (QED) is 0.452. The first-order valence-electron chi connectivity index (χ1n) is 8.07. The summed E-state index contributed by atoms with van der Waals surface area (Å²) in [5, 5.41) is 0. The van der Waals surface area contributed by atoms with Crippen molar-refractivity contribution in [1.82, 2.24) is 0 Å². The van der Waals surface area contributed by atoms with Gasteiger partial charge in [0.25, 0.3) is 0 Å². The van der Waals surface area contributed by atoms with Crippen LogP contribution in [0.1, 0.15) is 63.8 Å². The topological polar surface area (TPSA) is 0 Å². The molecular formula is C20H30. The molecule has 0 heterocycles. The minimum Gasteiger partial charge on any atom is -0.0683 e. The zero-order valence-electron chi connectivity index (χ0n) is 14.0. The highest BCUT2D eigenvalue weighted by Crippen LogP contribution is 2.26. The van der Waals surface area contributed by atoms with Gasteiger partial charge in [0.05, 0.1) is 0 Å². The van der Waals surface area contributed by atoms with Gasteiger partial charge in [-0.05, 0) is 35.1 Å². The third-order valence-electron chi connectivity index (χ3n) is 3.00. The van der Waals surface area contributed by atoms with Gasteiger partial charge in [0.2, 0.25) is 0 Å². The summed E-state index contributed by atoms with van der Waals surface area (Å²) in [6.07, 6.45) is 2.21. The summed E-state index contributed by atoms with van der Waals surface area (Å²) in [6.45, 7) is 12.0. The van der Waals surface area contributed by atoms with Crippen molar-refractivity contribution in [3.63, 3.8) is 0 Å². The van der Waals surface area contributed by atoms with E-state index in [2.05, 4.69) is 48.5 Å². The third-order valence-corrected chi connectivity index (χ3v) is 3.00. The monoisotopic (exact) mass is 270 g/mol. The first-order valence-corrected chi connectivity index (χ1v) is 8.07. The minimum absolute atomic E-state index is 1.10. The summed E-state index contributed by atoms with van der Waals surface area (Å²) >= 11 is 0. The smallest absolute Gasteiger partial charge is 0.00201 e. The van der Waals surface area contributed by atoms with Crippen molar-refractivity contribution in [3.05, 3.63) is 70.8 Å². The van der Waals surface area contributed by atoms with E-state index in [1.807, 2.05) is 41.5 Å². The molecule has 0 aromatic heterocycles. The Balaban J connectivity index is 0.000000538. The van der Waals surface area contributed by atoms with Crippen molar-refractivity contribution in [1.29, 1.82) is 0 Å². The predicted octanol–water partition coefficient (Wildman–Crippen LogP) is 6.26. The molecule has 0 fully saturated rings. The molecule has 3 rings (SSSR count). The normalized spacial score (nSPS) is 10.1. The van der Waals surface area contributed by atoms with Gasteiger partial charge in [-0.15, -0.1) is 0 Å². The summed E-state index contributed by atoms with van der Waals surface area (Å²) in [6, 6.07) is 17.5. The van der Waals surface area contributed by atoms with Crippen LogP contribution in [0.3, 0.4) is 0 Å². The van der Waals surface area contributed by atoms with E-state index in [9.17, 15) is 0 Å². The highest BCUT2D eigenvalue weighted by molar-refractivity contribution is 5.44. The molecule has 2 aromatic carbocycles. The third kappa shape index (κ3) is 4.85. The Labute approximate surface area is 125 Å². The van der Waals surface area contributed by atoms with Crippen LogP contribution >= 0.6 is 0 Å². The van der Waals surface area contributed by atoms with Gasteiger partial charge in [0, 0.05) is 0 Å². The molecule has 0 heteroatoms. The first kappa shape index (κ1) is 18.4. The van der Waals surface area contributed by atoms with E-state index in [0.29, 0.717) is 0 Å². The lowest BCUT2D eigenvalue weighted by Crippen LogP contribution is -2.06. The Hall–Kier alpha value is -1.56. The number of fused-ring (bicyclic) bond motifs is 2. The van der Waals surface area contributed by atoms with Crippen LogP contribution in [0.25, 0.3) is 0 Å². The van der Waals surface area contributed by atoms with Gasteiger partial charge in [0.15, 0.2) is 0 Å². The van der Waals surface area contributed by atoms with Gasteiger partial charge in [-0.2, -0.15) is 0 Å². The highest BCUT2D eigenvalue weighted by Gasteiger charge is 2.12. The fraction of sp³-hybridized carbons (Fsp3) is 0.400. The first-order chi connectivity index (χ1) is 9.93. The molecule has 0 saturated carbocycles. The molecule has 0 saturated heterocycles. The summed E-state index contributed by atoms with van der Waals surface area (Å²) in [5.41, 5.74) is 5.97. The molecule has 0 nitrogen and oxygen atoms in total. The number of hydrogen-bond acceptors (Lipinski definition) is 0. The molecule has 0 N–H and O–H groups in total. The van der Waals surface area contributed by atoms with Crippen molar-refractivity contribution < 1.29 is 0 Å². The largest absolute Gasteiger partial charge is 0.0683 e.